The molecule has 1 aliphatic heterocycles. The first kappa shape index (κ1) is 20.4. The van der Waals surface area contributed by atoms with E-state index < -0.39 is 41.9 Å². The van der Waals surface area contributed by atoms with E-state index in [1.165, 1.54) is 17.5 Å². The summed E-state index contributed by atoms with van der Waals surface area (Å²) in [6.45, 7) is -0.545. The summed E-state index contributed by atoms with van der Waals surface area (Å²) in [6.07, 6.45) is -2.82. The molecule has 0 bridgehead atoms. The van der Waals surface area contributed by atoms with E-state index in [2.05, 4.69) is 52.8 Å². The van der Waals surface area contributed by atoms with E-state index >= 15 is 0 Å². The third-order valence-electron chi connectivity index (χ3n) is 4.17. The molecule has 0 saturated carbocycles. The molecule has 1 fully saturated rings. The van der Waals surface area contributed by atoms with Gasteiger partial charge < -0.3 is 20.1 Å². The fourth-order valence-corrected chi connectivity index (χ4v) is 6.17. The van der Waals surface area contributed by atoms with Gasteiger partial charge in [-0.15, -0.1) is 11.3 Å². The largest absolute Gasteiger partial charge is 0.394 e. The number of aromatic amines is 1. The SMILES string of the molecule is O=c1ccn([C@]2(Cc3sc(Br)c(Br)c3Br)O[C@H](CO)[C@@H](O)[C@H]2O)c(=O)[nH]1. The second kappa shape index (κ2) is 7.59. The number of rotatable bonds is 4. The number of ether oxygens (including phenoxy) is 1. The summed E-state index contributed by atoms with van der Waals surface area (Å²) in [5.41, 5.74) is -3.11. The third-order valence-corrected chi connectivity index (χ3v) is 9.29. The van der Waals surface area contributed by atoms with Gasteiger partial charge in [0.05, 0.1) is 14.9 Å². The molecule has 3 rings (SSSR count). The molecule has 0 aliphatic carbocycles. The Morgan fingerprint density at radius 3 is 2.46 bits per heavy atom. The lowest BCUT2D eigenvalue weighted by atomic mass is 9.98. The van der Waals surface area contributed by atoms with Crippen molar-refractivity contribution in [1.29, 1.82) is 0 Å². The highest BCUT2D eigenvalue weighted by Gasteiger charge is 2.56. The number of aliphatic hydroxyl groups excluding tert-OH is 3. The lowest BCUT2D eigenvalue weighted by molar-refractivity contribution is -0.149. The van der Waals surface area contributed by atoms with Crippen LogP contribution in [0, 0.1) is 0 Å². The summed E-state index contributed by atoms with van der Waals surface area (Å²) in [4.78, 5) is 26.6. The molecule has 0 aromatic carbocycles. The van der Waals surface area contributed by atoms with Crippen molar-refractivity contribution in [3.05, 3.63) is 50.7 Å². The van der Waals surface area contributed by atoms with Crippen molar-refractivity contribution in [2.75, 3.05) is 6.61 Å². The summed E-state index contributed by atoms with van der Waals surface area (Å²) in [5.74, 6) is 0. The molecule has 12 heteroatoms. The summed E-state index contributed by atoms with van der Waals surface area (Å²) in [5, 5.41) is 30.4. The molecule has 0 amide bonds. The lowest BCUT2D eigenvalue weighted by Crippen LogP contribution is -2.52. The fourth-order valence-electron chi connectivity index (χ4n) is 2.91. The Kier molecular flexibility index (Phi) is 5.95. The average Bonchev–Trinajstić information content (AvgIpc) is 2.98. The number of nitrogens with one attached hydrogen (secondary N) is 1. The standard InChI is InChI=1S/C14H13Br3N2O6S/c15-8-6(26-12(17)9(8)16)3-14(11(23)10(22)5(4-20)25-14)19-2-1-7(21)18-13(19)24/h1-2,5,10-11,20,22-23H,3-4H2,(H,18,21,24)/t5-,10-,11-,14-/m1/s1. The molecule has 0 spiro atoms. The molecule has 0 unspecified atom stereocenters. The summed E-state index contributed by atoms with van der Waals surface area (Å²) < 4.78 is 9.06. The minimum absolute atomic E-state index is 0.00310. The van der Waals surface area contributed by atoms with Crippen LogP contribution in [0.3, 0.4) is 0 Å². The fraction of sp³-hybridized carbons (Fsp3) is 0.429. The highest BCUT2D eigenvalue weighted by molar-refractivity contribution is 9.14. The first-order valence-electron chi connectivity index (χ1n) is 7.30. The second-order valence-electron chi connectivity index (χ2n) is 5.70. The van der Waals surface area contributed by atoms with Crippen molar-refractivity contribution in [3.63, 3.8) is 0 Å². The summed E-state index contributed by atoms with van der Waals surface area (Å²) >= 11 is 11.6. The number of nitrogens with zero attached hydrogens (tertiary/aromatic N) is 1. The van der Waals surface area contributed by atoms with Gasteiger partial charge in [-0.1, -0.05) is 0 Å². The monoisotopic (exact) mass is 574 g/mol. The van der Waals surface area contributed by atoms with Gasteiger partial charge in [-0.25, -0.2) is 4.79 Å². The van der Waals surface area contributed by atoms with Crippen LogP contribution in [0.2, 0.25) is 0 Å². The van der Waals surface area contributed by atoms with Crippen LogP contribution in [0.15, 0.2) is 34.6 Å². The van der Waals surface area contributed by atoms with Crippen molar-refractivity contribution >= 4 is 59.1 Å². The van der Waals surface area contributed by atoms with Crippen LogP contribution in [0.4, 0.5) is 0 Å². The van der Waals surface area contributed by atoms with E-state index in [1.54, 1.807) is 0 Å². The number of thiophene rings is 1. The minimum atomic E-state index is -1.71. The normalized spacial score (nSPS) is 28.6. The van der Waals surface area contributed by atoms with Gasteiger partial charge in [0.1, 0.15) is 18.3 Å². The minimum Gasteiger partial charge on any atom is -0.394 e. The maximum atomic E-state index is 12.4. The van der Waals surface area contributed by atoms with E-state index in [-0.39, 0.29) is 6.42 Å². The first-order valence-corrected chi connectivity index (χ1v) is 10.5. The van der Waals surface area contributed by atoms with Gasteiger partial charge in [0.25, 0.3) is 5.56 Å². The van der Waals surface area contributed by atoms with Crippen LogP contribution in [0.5, 0.6) is 0 Å². The Morgan fingerprint density at radius 1 is 1.27 bits per heavy atom. The molecule has 0 radical (unpaired) electrons. The van der Waals surface area contributed by atoms with Crippen molar-refractivity contribution in [2.24, 2.45) is 0 Å². The molecule has 4 atom stereocenters. The topological polar surface area (TPSA) is 125 Å². The Labute approximate surface area is 175 Å². The number of hydrogen-bond acceptors (Lipinski definition) is 7. The average molecular weight is 577 g/mol. The van der Waals surface area contributed by atoms with E-state index in [9.17, 15) is 24.9 Å². The van der Waals surface area contributed by atoms with E-state index in [4.69, 9.17) is 4.74 Å². The Balaban J connectivity index is 2.18. The van der Waals surface area contributed by atoms with Crippen LogP contribution < -0.4 is 11.2 Å². The van der Waals surface area contributed by atoms with Crippen molar-refractivity contribution in [2.45, 2.75) is 30.5 Å². The smallest absolute Gasteiger partial charge is 0.330 e. The van der Waals surface area contributed by atoms with E-state index in [0.29, 0.717) is 9.35 Å². The van der Waals surface area contributed by atoms with Gasteiger partial charge in [-0.05, 0) is 47.8 Å². The lowest BCUT2D eigenvalue weighted by Gasteiger charge is -2.33. The van der Waals surface area contributed by atoms with E-state index in [1.807, 2.05) is 0 Å². The van der Waals surface area contributed by atoms with Crippen LogP contribution in [0.1, 0.15) is 4.88 Å². The van der Waals surface area contributed by atoms with Gasteiger partial charge in [-0.2, -0.15) is 0 Å². The summed E-state index contributed by atoms with van der Waals surface area (Å²) in [6, 6.07) is 1.12. The molecule has 26 heavy (non-hydrogen) atoms. The number of halogens is 3. The number of aromatic nitrogens is 2. The third kappa shape index (κ3) is 3.30. The highest BCUT2D eigenvalue weighted by atomic mass is 79.9. The molecule has 2 aromatic rings. The first-order chi connectivity index (χ1) is 12.2. The van der Waals surface area contributed by atoms with Gasteiger partial charge >= 0.3 is 5.69 Å². The predicted octanol–water partition coefficient (Wildman–Crippen LogP) is 0.894. The zero-order chi connectivity index (χ0) is 19.2. The Morgan fingerprint density at radius 2 is 1.96 bits per heavy atom. The molecular weight excluding hydrogens is 564 g/mol. The zero-order valence-electron chi connectivity index (χ0n) is 12.9. The maximum Gasteiger partial charge on any atom is 0.330 e. The molecule has 8 nitrogen and oxygen atoms in total. The second-order valence-corrected chi connectivity index (χ2v) is 9.71. The van der Waals surface area contributed by atoms with Gasteiger partial charge in [0.15, 0.2) is 5.72 Å². The van der Waals surface area contributed by atoms with Crippen molar-refractivity contribution < 1.29 is 20.1 Å². The van der Waals surface area contributed by atoms with Crippen LogP contribution >= 0.6 is 59.1 Å². The predicted molar refractivity (Wildman–Crippen MR) is 104 cm³/mol. The van der Waals surface area contributed by atoms with Crippen molar-refractivity contribution in [1.82, 2.24) is 9.55 Å². The molecule has 2 aromatic heterocycles. The van der Waals surface area contributed by atoms with Gasteiger partial charge in [-0.3, -0.25) is 14.3 Å². The molecular formula is C14H13Br3N2O6S. The zero-order valence-corrected chi connectivity index (χ0v) is 18.4. The van der Waals surface area contributed by atoms with Crippen LogP contribution in [0.25, 0.3) is 0 Å². The summed E-state index contributed by atoms with van der Waals surface area (Å²) in [7, 11) is 0. The Hall–Kier alpha value is -0.340. The molecule has 4 N–H and O–H groups in total. The number of aliphatic hydroxyl groups is 3. The van der Waals surface area contributed by atoms with Crippen molar-refractivity contribution in [3.8, 4) is 0 Å². The molecule has 1 aliphatic rings. The molecule has 3 heterocycles. The van der Waals surface area contributed by atoms with Crippen LogP contribution in [-0.4, -0.2) is 49.8 Å². The quantitative estimate of drug-likeness (QED) is 0.429. The maximum absolute atomic E-state index is 12.4. The highest BCUT2D eigenvalue weighted by Crippen LogP contribution is 2.46. The number of H-pyrrole nitrogens is 1. The van der Waals surface area contributed by atoms with Gasteiger partial charge in [0.2, 0.25) is 0 Å². The van der Waals surface area contributed by atoms with E-state index in [0.717, 1.165) is 18.9 Å². The Bertz CT molecular complexity index is 943. The molecule has 1 saturated heterocycles. The van der Waals surface area contributed by atoms with Crippen LogP contribution in [-0.2, 0) is 16.9 Å². The molecule has 142 valence electrons. The van der Waals surface area contributed by atoms with Gasteiger partial charge in [0, 0.05) is 28.0 Å². The number of hydrogen-bond donors (Lipinski definition) is 4.